The molecule has 1 saturated heterocycles. The summed E-state index contributed by atoms with van der Waals surface area (Å²) < 4.78 is 5.46. The lowest BCUT2D eigenvalue weighted by Crippen LogP contribution is -2.50. The van der Waals surface area contributed by atoms with Gasteiger partial charge < -0.3 is 10.1 Å². The Morgan fingerprint density at radius 2 is 2.25 bits per heavy atom. The van der Waals surface area contributed by atoms with Gasteiger partial charge in [-0.3, -0.25) is 4.90 Å². The van der Waals surface area contributed by atoms with Crippen LogP contribution in [0.1, 0.15) is 32.5 Å². The summed E-state index contributed by atoms with van der Waals surface area (Å²) in [5.41, 5.74) is 0.268. The van der Waals surface area contributed by atoms with Crippen LogP contribution in [0.15, 0.2) is 18.2 Å². The molecule has 110 valence electrons. The van der Waals surface area contributed by atoms with Gasteiger partial charge in [-0.1, -0.05) is 17.7 Å². The van der Waals surface area contributed by atoms with Gasteiger partial charge in [0, 0.05) is 19.6 Å². The van der Waals surface area contributed by atoms with Gasteiger partial charge in [-0.05, 0) is 32.9 Å². The minimum Gasteiger partial charge on any atom is -0.444 e. The molecule has 1 unspecified atom stereocenters. The average Bonchev–Trinajstić information content (AvgIpc) is 2.37. The largest absolute Gasteiger partial charge is 0.444 e. The number of hydrogen-bond acceptors (Lipinski definition) is 4. The molecule has 1 aliphatic heterocycles. The van der Waals surface area contributed by atoms with Crippen molar-refractivity contribution in [2.24, 2.45) is 0 Å². The SMILES string of the molecule is CC(C)(C)OC(=O)N1CCNCC1c1cccc(Cl)n1. The number of piperazine rings is 1. The van der Waals surface area contributed by atoms with E-state index in [1.54, 1.807) is 11.0 Å². The predicted molar refractivity (Wildman–Crippen MR) is 77.8 cm³/mol. The van der Waals surface area contributed by atoms with Crippen LogP contribution in [0.4, 0.5) is 4.79 Å². The standard InChI is InChI=1S/C14H20ClN3O2/c1-14(2,3)20-13(19)18-8-7-16-9-11(18)10-5-4-6-12(15)17-10/h4-6,11,16H,7-9H2,1-3H3. The van der Waals surface area contributed by atoms with Crippen molar-refractivity contribution in [3.8, 4) is 0 Å². The molecule has 0 saturated carbocycles. The van der Waals surface area contributed by atoms with Crippen LogP contribution < -0.4 is 5.32 Å². The van der Waals surface area contributed by atoms with Crippen LogP contribution in [0.25, 0.3) is 0 Å². The van der Waals surface area contributed by atoms with Gasteiger partial charge in [0.15, 0.2) is 0 Å². The van der Waals surface area contributed by atoms with E-state index in [1.165, 1.54) is 0 Å². The summed E-state index contributed by atoms with van der Waals surface area (Å²) in [6, 6.07) is 5.28. The van der Waals surface area contributed by atoms with Gasteiger partial charge in [-0.15, -0.1) is 0 Å². The molecule has 1 amide bonds. The van der Waals surface area contributed by atoms with Gasteiger partial charge in [0.1, 0.15) is 10.8 Å². The number of nitrogens with one attached hydrogen (secondary N) is 1. The Kier molecular flexibility index (Phi) is 4.50. The minimum atomic E-state index is -0.506. The maximum absolute atomic E-state index is 12.3. The zero-order valence-electron chi connectivity index (χ0n) is 12.0. The molecule has 1 fully saturated rings. The molecule has 0 spiro atoms. The topological polar surface area (TPSA) is 54.5 Å². The monoisotopic (exact) mass is 297 g/mol. The summed E-state index contributed by atoms with van der Waals surface area (Å²) >= 11 is 5.93. The van der Waals surface area contributed by atoms with E-state index in [1.807, 2.05) is 32.9 Å². The summed E-state index contributed by atoms with van der Waals surface area (Å²) in [6.45, 7) is 7.57. The molecule has 0 bridgehead atoms. The van der Waals surface area contributed by atoms with Crippen LogP contribution in [0, 0.1) is 0 Å². The quantitative estimate of drug-likeness (QED) is 0.810. The maximum Gasteiger partial charge on any atom is 0.410 e. The molecular formula is C14H20ClN3O2. The molecule has 5 nitrogen and oxygen atoms in total. The molecule has 2 heterocycles. The molecule has 1 aromatic rings. The van der Waals surface area contributed by atoms with Crippen molar-refractivity contribution in [1.29, 1.82) is 0 Å². The summed E-state index contributed by atoms with van der Waals surface area (Å²) in [5.74, 6) is 0. The summed E-state index contributed by atoms with van der Waals surface area (Å²) in [5, 5.41) is 3.70. The number of rotatable bonds is 1. The zero-order chi connectivity index (χ0) is 14.8. The number of pyridine rings is 1. The first-order chi connectivity index (χ1) is 9.37. The van der Waals surface area contributed by atoms with Crippen LogP contribution in [0.2, 0.25) is 5.15 Å². The number of halogens is 1. The number of amides is 1. The molecule has 2 rings (SSSR count). The van der Waals surface area contributed by atoms with E-state index in [4.69, 9.17) is 16.3 Å². The fourth-order valence-electron chi connectivity index (χ4n) is 2.12. The maximum atomic E-state index is 12.3. The van der Waals surface area contributed by atoms with Crippen molar-refractivity contribution >= 4 is 17.7 Å². The lowest BCUT2D eigenvalue weighted by Gasteiger charge is -2.36. The van der Waals surface area contributed by atoms with Crippen molar-refractivity contribution in [2.75, 3.05) is 19.6 Å². The highest BCUT2D eigenvalue weighted by molar-refractivity contribution is 6.29. The van der Waals surface area contributed by atoms with Crippen LogP contribution in [-0.2, 0) is 4.74 Å². The lowest BCUT2D eigenvalue weighted by atomic mass is 10.1. The number of carbonyl (C=O) groups excluding carboxylic acids is 1. The molecule has 1 aliphatic rings. The third kappa shape index (κ3) is 3.84. The van der Waals surface area contributed by atoms with E-state index < -0.39 is 5.60 Å². The van der Waals surface area contributed by atoms with Crippen molar-refractivity contribution in [1.82, 2.24) is 15.2 Å². The number of aromatic nitrogens is 1. The van der Waals surface area contributed by atoms with Crippen molar-refractivity contribution < 1.29 is 9.53 Å². The van der Waals surface area contributed by atoms with Gasteiger partial charge in [-0.25, -0.2) is 9.78 Å². The van der Waals surface area contributed by atoms with E-state index in [0.29, 0.717) is 18.2 Å². The van der Waals surface area contributed by atoms with Crippen LogP contribution >= 0.6 is 11.6 Å². The third-order valence-electron chi connectivity index (χ3n) is 2.95. The summed E-state index contributed by atoms with van der Waals surface area (Å²) in [7, 11) is 0. The van der Waals surface area contributed by atoms with E-state index in [9.17, 15) is 4.79 Å². The Bertz CT molecular complexity index is 488. The predicted octanol–water partition coefficient (Wildman–Crippen LogP) is 2.62. The van der Waals surface area contributed by atoms with Gasteiger partial charge in [0.05, 0.1) is 11.7 Å². The summed E-state index contributed by atoms with van der Waals surface area (Å²) in [4.78, 5) is 18.3. The Balaban J connectivity index is 2.19. The molecule has 0 radical (unpaired) electrons. The molecule has 20 heavy (non-hydrogen) atoms. The Morgan fingerprint density at radius 3 is 2.90 bits per heavy atom. The Hall–Kier alpha value is -1.33. The first kappa shape index (κ1) is 15.1. The molecule has 1 atom stereocenters. The van der Waals surface area contributed by atoms with Crippen LogP contribution in [0.3, 0.4) is 0 Å². The summed E-state index contributed by atoms with van der Waals surface area (Å²) in [6.07, 6.45) is -0.314. The highest BCUT2D eigenvalue weighted by Crippen LogP contribution is 2.24. The first-order valence-electron chi connectivity index (χ1n) is 6.69. The molecule has 6 heteroatoms. The highest BCUT2D eigenvalue weighted by atomic mass is 35.5. The number of hydrogen-bond donors (Lipinski definition) is 1. The van der Waals surface area contributed by atoms with Gasteiger partial charge in [0.25, 0.3) is 0 Å². The highest BCUT2D eigenvalue weighted by Gasteiger charge is 2.32. The van der Waals surface area contributed by atoms with Crippen molar-refractivity contribution in [3.05, 3.63) is 29.0 Å². The fraction of sp³-hybridized carbons (Fsp3) is 0.571. The van der Waals surface area contributed by atoms with E-state index in [2.05, 4.69) is 10.3 Å². The van der Waals surface area contributed by atoms with Crippen molar-refractivity contribution in [3.63, 3.8) is 0 Å². The molecule has 0 aromatic carbocycles. The minimum absolute atomic E-state index is 0.155. The molecule has 1 aromatic heterocycles. The van der Waals surface area contributed by atoms with Crippen LogP contribution in [0.5, 0.6) is 0 Å². The Labute approximate surface area is 124 Å². The fourth-order valence-corrected chi connectivity index (χ4v) is 2.29. The number of carbonyl (C=O) groups is 1. The number of nitrogens with zero attached hydrogens (tertiary/aromatic N) is 2. The van der Waals surface area contributed by atoms with Gasteiger partial charge >= 0.3 is 6.09 Å². The molecular weight excluding hydrogens is 278 g/mol. The van der Waals surface area contributed by atoms with E-state index >= 15 is 0 Å². The second-order valence-electron chi connectivity index (χ2n) is 5.78. The third-order valence-corrected chi connectivity index (χ3v) is 3.16. The smallest absolute Gasteiger partial charge is 0.410 e. The second kappa shape index (κ2) is 5.97. The van der Waals surface area contributed by atoms with E-state index in [-0.39, 0.29) is 12.1 Å². The zero-order valence-corrected chi connectivity index (χ0v) is 12.8. The second-order valence-corrected chi connectivity index (χ2v) is 6.17. The molecule has 0 aliphatic carbocycles. The number of ether oxygens (including phenoxy) is 1. The lowest BCUT2D eigenvalue weighted by molar-refractivity contribution is 0.0113. The van der Waals surface area contributed by atoms with Gasteiger partial charge in [-0.2, -0.15) is 0 Å². The Morgan fingerprint density at radius 1 is 1.50 bits per heavy atom. The molecule has 1 N–H and O–H groups in total. The van der Waals surface area contributed by atoms with Gasteiger partial charge in [0.2, 0.25) is 0 Å². The van der Waals surface area contributed by atoms with Crippen molar-refractivity contribution in [2.45, 2.75) is 32.4 Å². The van der Waals surface area contributed by atoms with Crippen LogP contribution in [-0.4, -0.2) is 41.2 Å². The first-order valence-corrected chi connectivity index (χ1v) is 7.07. The van der Waals surface area contributed by atoms with E-state index in [0.717, 1.165) is 12.2 Å². The average molecular weight is 298 g/mol. The normalized spacial score (nSPS) is 19.8.